The van der Waals surface area contributed by atoms with Crippen molar-refractivity contribution in [1.29, 1.82) is 0 Å². The minimum atomic E-state index is -0.775. The maximum Gasteiger partial charge on any atom is 0.328 e. The van der Waals surface area contributed by atoms with Crippen LogP contribution in [0.1, 0.15) is 23.7 Å². The van der Waals surface area contributed by atoms with Crippen molar-refractivity contribution in [3.05, 3.63) is 76.8 Å². The van der Waals surface area contributed by atoms with Crippen LogP contribution < -0.4 is 10.1 Å². The van der Waals surface area contributed by atoms with Gasteiger partial charge >= 0.3 is 5.97 Å². The standard InChI is InChI=1S/C24H24N2O4S/c1-16-4-9-19(10-5-16)23-26-20(15-31-23)14-30-24(28)17(2)25-22(27)13-8-18-6-11-21(29-3)12-7-18/h4-13,15,17H,14H2,1-3H3,(H,25,27)/b13-8+/t17-/m1/s1. The Morgan fingerprint density at radius 3 is 2.52 bits per heavy atom. The molecule has 0 saturated heterocycles. The zero-order chi connectivity index (χ0) is 22.2. The number of nitrogens with zero attached hydrogens (tertiary/aromatic N) is 1. The number of carbonyl (C=O) groups excluding carboxylic acids is 2. The summed E-state index contributed by atoms with van der Waals surface area (Å²) in [6.07, 6.45) is 3.04. The molecule has 1 amide bonds. The Morgan fingerprint density at radius 2 is 1.84 bits per heavy atom. The van der Waals surface area contributed by atoms with Gasteiger partial charge in [-0.1, -0.05) is 42.0 Å². The highest BCUT2D eigenvalue weighted by Gasteiger charge is 2.16. The monoisotopic (exact) mass is 436 g/mol. The van der Waals surface area contributed by atoms with Gasteiger partial charge < -0.3 is 14.8 Å². The number of rotatable bonds is 8. The van der Waals surface area contributed by atoms with Crippen molar-refractivity contribution in [1.82, 2.24) is 10.3 Å². The number of aromatic nitrogens is 1. The van der Waals surface area contributed by atoms with Crippen LogP contribution in [0, 0.1) is 6.92 Å². The van der Waals surface area contributed by atoms with Gasteiger partial charge in [0, 0.05) is 17.0 Å². The lowest BCUT2D eigenvalue weighted by molar-refractivity contribution is -0.148. The third kappa shape index (κ3) is 6.52. The summed E-state index contributed by atoms with van der Waals surface area (Å²) in [5.74, 6) is -0.157. The highest BCUT2D eigenvalue weighted by Crippen LogP contribution is 2.24. The molecular formula is C24H24N2O4S. The van der Waals surface area contributed by atoms with Gasteiger partial charge in [0.2, 0.25) is 5.91 Å². The van der Waals surface area contributed by atoms with Crippen molar-refractivity contribution in [3.8, 4) is 16.3 Å². The first-order valence-electron chi connectivity index (χ1n) is 9.75. The summed E-state index contributed by atoms with van der Waals surface area (Å²) in [5.41, 5.74) is 3.73. The minimum absolute atomic E-state index is 0.0586. The zero-order valence-electron chi connectivity index (χ0n) is 17.6. The van der Waals surface area contributed by atoms with E-state index >= 15 is 0 Å². The number of thiazole rings is 1. The molecule has 31 heavy (non-hydrogen) atoms. The molecule has 1 atom stereocenters. The van der Waals surface area contributed by atoms with E-state index in [1.54, 1.807) is 32.2 Å². The van der Waals surface area contributed by atoms with Gasteiger partial charge in [-0.2, -0.15) is 0 Å². The van der Waals surface area contributed by atoms with Gasteiger partial charge in [0.25, 0.3) is 0 Å². The molecule has 160 valence electrons. The molecule has 0 aliphatic carbocycles. The molecule has 0 aliphatic heterocycles. The van der Waals surface area contributed by atoms with Crippen LogP contribution in [-0.2, 0) is 20.9 Å². The highest BCUT2D eigenvalue weighted by molar-refractivity contribution is 7.13. The van der Waals surface area contributed by atoms with Crippen molar-refractivity contribution in [2.24, 2.45) is 0 Å². The summed E-state index contributed by atoms with van der Waals surface area (Å²) >= 11 is 1.50. The predicted molar refractivity (Wildman–Crippen MR) is 122 cm³/mol. The number of nitrogens with one attached hydrogen (secondary N) is 1. The molecule has 6 nitrogen and oxygen atoms in total. The SMILES string of the molecule is COc1ccc(/C=C/C(=O)N[C@H](C)C(=O)OCc2csc(-c3ccc(C)cc3)n2)cc1. The van der Waals surface area contributed by atoms with Crippen molar-refractivity contribution >= 4 is 29.3 Å². The molecule has 0 bridgehead atoms. The van der Waals surface area contributed by atoms with E-state index in [0.29, 0.717) is 5.69 Å². The van der Waals surface area contributed by atoms with Crippen LogP contribution in [-0.4, -0.2) is 30.0 Å². The van der Waals surface area contributed by atoms with Crippen molar-refractivity contribution < 1.29 is 19.1 Å². The number of esters is 1. The summed E-state index contributed by atoms with van der Waals surface area (Å²) in [5, 5.41) is 5.34. The van der Waals surface area contributed by atoms with Crippen molar-refractivity contribution in [2.75, 3.05) is 7.11 Å². The van der Waals surface area contributed by atoms with Crippen LogP contribution in [0.15, 0.2) is 60.0 Å². The molecule has 1 aromatic heterocycles. The second-order valence-electron chi connectivity index (χ2n) is 6.95. The second kappa shape index (κ2) is 10.5. The Balaban J connectivity index is 1.47. The van der Waals surface area contributed by atoms with E-state index in [9.17, 15) is 9.59 Å². The number of amides is 1. The number of hydrogen-bond acceptors (Lipinski definition) is 6. The van der Waals surface area contributed by atoms with Crippen LogP contribution in [0.4, 0.5) is 0 Å². The largest absolute Gasteiger partial charge is 0.497 e. The highest BCUT2D eigenvalue weighted by atomic mass is 32.1. The number of ether oxygens (including phenoxy) is 2. The smallest absolute Gasteiger partial charge is 0.328 e. The Bertz CT molecular complexity index is 1060. The van der Waals surface area contributed by atoms with Crippen LogP contribution in [0.2, 0.25) is 0 Å². The van der Waals surface area contributed by atoms with Gasteiger partial charge in [-0.15, -0.1) is 11.3 Å². The molecule has 0 spiro atoms. The number of methoxy groups -OCH3 is 1. The van der Waals surface area contributed by atoms with E-state index < -0.39 is 12.0 Å². The molecular weight excluding hydrogens is 412 g/mol. The second-order valence-corrected chi connectivity index (χ2v) is 7.81. The molecule has 0 fully saturated rings. The fraction of sp³-hybridized carbons (Fsp3) is 0.208. The van der Waals surface area contributed by atoms with Crippen LogP contribution >= 0.6 is 11.3 Å². The zero-order valence-corrected chi connectivity index (χ0v) is 18.4. The van der Waals surface area contributed by atoms with Crippen LogP contribution in [0.25, 0.3) is 16.6 Å². The van der Waals surface area contributed by atoms with Gasteiger partial charge in [0.15, 0.2) is 0 Å². The molecule has 0 aliphatic rings. The van der Waals surface area contributed by atoms with Gasteiger partial charge in [-0.3, -0.25) is 4.79 Å². The van der Waals surface area contributed by atoms with Gasteiger partial charge in [0.05, 0.1) is 12.8 Å². The average molecular weight is 437 g/mol. The summed E-state index contributed by atoms with van der Waals surface area (Å²) < 4.78 is 10.4. The molecule has 1 N–H and O–H groups in total. The number of carbonyl (C=O) groups is 2. The molecule has 3 aromatic rings. The topological polar surface area (TPSA) is 77.5 Å². The molecule has 1 heterocycles. The van der Waals surface area contributed by atoms with Crippen LogP contribution in [0.5, 0.6) is 5.75 Å². The number of aryl methyl sites for hydroxylation is 1. The summed E-state index contributed by atoms with van der Waals surface area (Å²) in [6.45, 7) is 3.68. The van der Waals surface area contributed by atoms with E-state index in [-0.39, 0.29) is 12.5 Å². The van der Waals surface area contributed by atoms with Crippen LogP contribution in [0.3, 0.4) is 0 Å². The minimum Gasteiger partial charge on any atom is -0.497 e. The maximum absolute atomic E-state index is 12.2. The van der Waals surface area contributed by atoms with E-state index in [2.05, 4.69) is 10.3 Å². The Labute approximate surface area is 185 Å². The van der Waals surface area contributed by atoms with E-state index in [1.807, 2.05) is 48.7 Å². The first-order valence-corrected chi connectivity index (χ1v) is 10.6. The van der Waals surface area contributed by atoms with Gasteiger partial charge in [-0.05, 0) is 37.6 Å². The lowest BCUT2D eigenvalue weighted by atomic mass is 10.2. The summed E-state index contributed by atoms with van der Waals surface area (Å²) in [4.78, 5) is 28.8. The van der Waals surface area contributed by atoms with E-state index in [1.165, 1.54) is 23.0 Å². The van der Waals surface area contributed by atoms with Crippen molar-refractivity contribution in [2.45, 2.75) is 26.5 Å². The molecule has 7 heteroatoms. The number of hydrogen-bond donors (Lipinski definition) is 1. The van der Waals surface area contributed by atoms with Gasteiger partial charge in [0.1, 0.15) is 23.4 Å². The summed E-state index contributed by atoms with van der Waals surface area (Å²) in [6, 6.07) is 14.6. The molecule has 0 unspecified atom stereocenters. The Morgan fingerprint density at radius 1 is 1.13 bits per heavy atom. The quantitative estimate of drug-likeness (QED) is 0.419. The lowest BCUT2D eigenvalue weighted by Crippen LogP contribution is -2.38. The molecule has 0 radical (unpaired) electrons. The first kappa shape index (κ1) is 22.2. The Hall–Kier alpha value is -3.45. The normalized spacial score (nSPS) is 11.8. The first-order chi connectivity index (χ1) is 14.9. The Kier molecular flexibility index (Phi) is 7.56. The average Bonchev–Trinajstić information content (AvgIpc) is 3.26. The predicted octanol–water partition coefficient (Wildman–Crippen LogP) is 4.39. The fourth-order valence-electron chi connectivity index (χ4n) is 2.68. The molecule has 3 rings (SSSR count). The maximum atomic E-state index is 12.2. The molecule has 0 saturated carbocycles. The van der Waals surface area contributed by atoms with E-state index in [0.717, 1.165) is 21.9 Å². The van der Waals surface area contributed by atoms with E-state index in [4.69, 9.17) is 9.47 Å². The van der Waals surface area contributed by atoms with Crippen molar-refractivity contribution in [3.63, 3.8) is 0 Å². The lowest BCUT2D eigenvalue weighted by Gasteiger charge is -2.11. The summed E-state index contributed by atoms with van der Waals surface area (Å²) in [7, 11) is 1.59. The third-order valence-electron chi connectivity index (χ3n) is 4.47. The fourth-order valence-corrected chi connectivity index (χ4v) is 3.49. The van der Waals surface area contributed by atoms with Gasteiger partial charge in [-0.25, -0.2) is 9.78 Å². The number of benzene rings is 2. The molecule has 2 aromatic carbocycles. The third-order valence-corrected chi connectivity index (χ3v) is 5.41.